The molecule has 0 amide bonds. The molecular formula is C15H18N4O2. The fraction of sp³-hybridized carbons (Fsp3) is 0.333. The molecule has 2 N–H and O–H groups in total. The van der Waals surface area contributed by atoms with Gasteiger partial charge in [-0.1, -0.05) is 6.92 Å². The first kappa shape index (κ1) is 15.1. The van der Waals surface area contributed by atoms with E-state index < -0.39 is 4.92 Å². The number of non-ortho nitro benzene ring substituents is 1. The molecule has 1 aromatic carbocycles. The Morgan fingerprint density at radius 2 is 1.95 bits per heavy atom. The molecule has 0 spiro atoms. The highest BCUT2D eigenvalue weighted by Gasteiger charge is 2.10. The third-order valence-corrected chi connectivity index (χ3v) is 3.24. The highest BCUT2D eigenvalue weighted by molar-refractivity contribution is 5.57. The monoisotopic (exact) mass is 286 g/mol. The molecule has 0 radical (unpaired) electrons. The second kappa shape index (κ2) is 6.41. The summed E-state index contributed by atoms with van der Waals surface area (Å²) in [6, 6.07) is 8.23. The summed E-state index contributed by atoms with van der Waals surface area (Å²) in [6.45, 7) is 3.94. The lowest BCUT2D eigenvalue weighted by molar-refractivity contribution is -0.384. The molecular weight excluding hydrogens is 268 g/mol. The minimum absolute atomic E-state index is 0.0552. The summed E-state index contributed by atoms with van der Waals surface area (Å²) >= 11 is 0. The van der Waals surface area contributed by atoms with Crippen molar-refractivity contribution in [3.63, 3.8) is 0 Å². The van der Waals surface area contributed by atoms with Gasteiger partial charge in [-0.25, -0.2) is 9.97 Å². The third-order valence-electron chi connectivity index (χ3n) is 3.24. The number of nitrogens with zero attached hydrogens (tertiary/aromatic N) is 3. The van der Waals surface area contributed by atoms with E-state index in [9.17, 15) is 10.1 Å². The van der Waals surface area contributed by atoms with Crippen LogP contribution in [0.3, 0.4) is 0 Å². The minimum atomic E-state index is -0.424. The average Bonchev–Trinajstić information content (AvgIpc) is 2.46. The van der Waals surface area contributed by atoms with E-state index in [1.54, 1.807) is 12.1 Å². The molecule has 2 aromatic rings. The van der Waals surface area contributed by atoms with Crippen LogP contribution in [0.4, 0.5) is 5.69 Å². The maximum absolute atomic E-state index is 10.7. The molecule has 1 unspecified atom stereocenters. The zero-order valence-corrected chi connectivity index (χ0v) is 12.1. The first-order valence-corrected chi connectivity index (χ1v) is 6.84. The predicted octanol–water partition coefficient (Wildman–Crippen LogP) is 2.64. The van der Waals surface area contributed by atoms with Gasteiger partial charge in [0.2, 0.25) is 0 Å². The average molecular weight is 286 g/mol. The zero-order valence-electron chi connectivity index (χ0n) is 12.1. The van der Waals surface area contributed by atoms with Gasteiger partial charge >= 0.3 is 0 Å². The summed E-state index contributed by atoms with van der Waals surface area (Å²) in [7, 11) is 0. The standard InChI is InChI=1S/C15H18N4O2/c1-3-12(16)9-13-8-10(2)17-15(18-13)11-4-6-14(7-5-11)19(20)21/h4-8,12H,3,9,16H2,1-2H3. The van der Waals surface area contributed by atoms with Crippen molar-refractivity contribution in [2.45, 2.75) is 32.7 Å². The van der Waals surface area contributed by atoms with Crippen molar-refractivity contribution in [2.24, 2.45) is 5.73 Å². The fourth-order valence-electron chi connectivity index (χ4n) is 2.01. The number of aromatic nitrogens is 2. The molecule has 6 heteroatoms. The van der Waals surface area contributed by atoms with E-state index in [1.807, 2.05) is 19.9 Å². The summed E-state index contributed by atoms with van der Waals surface area (Å²) in [6.07, 6.45) is 1.58. The van der Waals surface area contributed by atoms with Crippen LogP contribution in [0, 0.1) is 17.0 Å². The van der Waals surface area contributed by atoms with E-state index in [1.165, 1.54) is 12.1 Å². The van der Waals surface area contributed by atoms with Crippen LogP contribution >= 0.6 is 0 Å². The maximum atomic E-state index is 10.7. The van der Waals surface area contributed by atoms with Crippen molar-refractivity contribution in [1.29, 1.82) is 0 Å². The molecule has 0 aliphatic rings. The summed E-state index contributed by atoms with van der Waals surface area (Å²) in [5, 5.41) is 10.7. The Morgan fingerprint density at radius 3 is 2.52 bits per heavy atom. The van der Waals surface area contributed by atoms with Crippen molar-refractivity contribution in [3.8, 4) is 11.4 Å². The van der Waals surface area contributed by atoms with Crippen LogP contribution in [-0.4, -0.2) is 20.9 Å². The van der Waals surface area contributed by atoms with E-state index in [2.05, 4.69) is 9.97 Å². The summed E-state index contributed by atoms with van der Waals surface area (Å²) in [5.74, 6) is 0.572. The van der Waals surface area contributed by atoms with Gasteiger partial charge in [0.15, 0.2) is 5.82 Å². The van der Waals surface area contributed by atoms with Gasteiger partial charge < -0.3 is 5.73 Å². The largest absolute Gasteiger partial charge is 0.327 e. The molecule has 0 saturated carbocycles. The van der Waals surface area contributed by atoms with Crippen molar-refractivity contribution >= 4 is 5.69 Å². The lowest BCUT2D eigenvalue weighted by Gasteiger charge is -2.10. The zero-order chi connectivity index (χ0) is 15.4. The van der Waals surface area contributed by atoms with Crippen LogP contribution in [0.1, 0.15) is 24.7 Å². The van der Waals surface area contributed by atoms with Crippen molar-refractivity contribution in [2.75, 3.05) is 0 Å². The fourth-order valence-corrected chi connectivity index (χ4v) is 2.01. The number of rotatable bonds is 5. The Hall–Kier alpha value is -2.34. The van der Waals surface area contributed by atoms with Gasteiger partial charge in [0.05, 0.1) is 4.92 Å². The Bertz CT molecular complexity index is 641. The van der Waals surface area contributed by atoms with Crippen LogP contribution in [0.2, 0.25) is 0 Å². The van der Waals surface area contributed by atoms with Crippen LogP contribution in [0.15, 0.2) is 30.3 Å². The molecule has 1 atom stereocenters. The molecule has 21 heavy (non-hydrogen) atoms. The van der Waals surface area contributed by atoms with Crippen LogP contribution in [-0.2, 0) is 6.42 Å². The number of hydrogen-bond acceptors (Lipinski definition) is 5. The lowest BCUT2D eigenvalue weighted by Crippen LogP contribution is -2.22. The van der Waals surface area contributed by atoms with E-state index in [-0.39, 0.29) is 11.7 Å². The molecule has 6 nitrogen and oxygen atoms in total. The van der Waals surface area contributed by atoms with Gasteiger partial charge in [0, 0.05) is 41.5 Å². The first-order chi connectivity index (χ1) is 9.99. The van der Waals surface area contributed by atoms with Crippen LogP contribution < -0.4 is 5.73 Å². The lowest BCUT2D eigenvalue weighted by atomic mass is 10.1. The molecule has 1 aromatic heterocycles. The first-order valence-electron chi connectivity index (χ1n) is 6.84. The molecule has 0 aliphatic carbocycles. The van der Waals surface area contributed by atoms with E-state index >= 15 is 0 Å². The van der Waals surface area contributed by atoms with Gasteiger partial charge in [0.1, 0.15) is 0 Å². The summed E-state index contributed by atoms with van der Waals surface area (Å²) in [5.41, 5.74) is 8.53. The van der Waals surface area contributed by atoms with Gasteiger partial charge in [-0.15, -0.1) is 0 Å². The third kappa shape index (κ3) is 3.82. The number of benzene rings is 1. The number of nitro groups is 1. The highest BCUT2D eigenvalue weighted by atomic mass is 16.6. The Morgan fingerprint density at radius 1 is 1.29 bits per heavy atom. The van der Waals surface area contributed by atoms with Crippen LogP contribution in [0.5, 0.6) is 0 Å². The maximum Gasteiger partial charge on any atom is 0.269 e. The summed E-state index contributed by atoms with van der Waals surface area (Å²) < 4.78 is 0. The van der Waals surface area contributed by atoms with Crippen molar-refractivity contribution < 1.29 is 4.92 Å². The summed E-state index contributed by atoms with van der Waals surface area (Å²) in [4.78, 5) is 19.1. The Labute approximate surface area is 123 Å². The van der Waals surface area contributed by atoms with E-state index in [0.29, 0.717) is 12.2 Å². The van der Waals surface area contributed by atoms with E-state index in [4.69, 9.17) is 5.73 Å². The van der Waals surface area contributed by atoms with E-state index in [0.717, 1.165) is 23.4 Å². The molecule has 0 fully saturated rings. The Balaban J connectivity index is 2.32. The van der Waals surface area contributed by atoms with Crippen LogP contribution in [0.25, 0.3) is 11.4 Å². The topological polar surface area (TPSA) is 94.9 Å². The molecule has 1 heterocycles. The highest BCUT2D eigenvalue weighted by Crippen LogP contribution is 2.20. The van der Waals surface area contributed by atoms with Gasteiger partial charge in [-0.2, -0.15) is 0 Å². The smallest absolute Gasteiger partial charge is 0.269 e. The Kier molecular flexibility index (Phi) is 4.59. The second-order valence-electron chi connectivity index (χ2n) is 5.00. The van der Waals surface area contributed by atoms with Crippen molar-refractivity contribution in [1.82, 2.24) is 9.97 Å². The van der Waals surface area contributed by atoms with Crippen molar-refractivity contribution in [3.05, 3.63) is 51.8 Å². The van der Waals surface area contributed by atoms with Gasteiger partial charge in [-0.05, 0) is 31.5 Å². The second-order valence-corrected chi connectivity index (χ2v) is 5.00. The number of aryl methyl sites for hydroxylation is 1. The van der Waals surface area contributed by atoms with Gasteiger partial charge in [-0.3, -0.25) is 10.1 Å². The molecule has 0 aliphatic heterocycles. The molecule has 110 valence electrons. The van der Waals surface area contributed by atoms with Gasteiger partial charge in [0.25, 0.3) is 5.69 Å². The molecule has 2 rings (SSSR count). The predicted molar refractivity (Wildman–Crippen MR) is 80.8 cm³/mol. The minimum Gasteiger partial charge on any atom is -0.327 e. The number of hydrogen-bond donors (Lipinski definition) is 1. The SMILES string of the molecule is CCC(N)Cc1cc(C)nc(-c2ccc([N+](=O)[O-])cc2)n1. The number of nitro benzene ring substituents is 1. The quantitative estimate of drug-likeness (QED) is 0.673. The molecule has 0 saturated heterocycles. The number of nitrogens with two attached hydrogens (primary N) is 1. The normalized spacial score (nSPS) is 12.1. The molecule has 0 bridgehead atoms.